The molecule has 0 aromatic carbocycles. The number of aromatic nitrogens is 4. The van der Waals surface area contributed by atoms with Crippen molar-refractivity contribution in [2.24, 2.45) is 0 Å². The summed E-state index contributed by atoms with van der Waals surface area (Å²) < 4.78 is 5.36. The van der Waals surface area contributed by atoms with Crippen LogP contribution in [0.1, 0.15) is 65.0 Å². The lowest BCUT2D eigenvalue weighted by Crippen LogP contribution is -2.47. The van der Waals surface area contributed by atoms with E-state index in [2.05, 4.69) is 36.4 Å². The summed E-state index contributed by atoms with van der Waals surface area (Å²) in [5.74, 6) is 3.04. The van der Waals surface area contributed by atoms with E-state index in [0.717, 1.165) is 42.3 Å². The molecule has 166 valence electrons. The van der Waals surface area contributed by atoms with Gasteiger partial charge in [0.25, 0.3) is 0 Å². The zero-order chi connectivity index (χ0) is 20.3. The molecule has 0 spiro atoms. The fourth-order valence-electron chi connectivity index (χ4n) is 4.76. The highest BCUT2D eigenvalue weighted by Crippen LogP contribution is 2.39. The minimum Gasteiger partial charge on any atom is -0.380 e. The van der Waals surface area contributed by atoms with Gasteiger partial charge in [0.05, 0.1) is 6.61 Å². The first-order valence-corrected chi connectivity index (χ1v) is 11.5. The third-order valence-corrected chi connectivity index (χ3v) is 6.67. The van der Waals surface area contributed by atoms with Crippen molar-refractivity contribution in [1.29, 1.82) is 0 Å². The Balaban J connectivity index is 0.00000144. The van der Waals surface area contributed by atoms with E-state index in [0.29, 0.717) is 12.5 Å². The highest BCUT2D eigenvalue weighted by molar-refractivity contribution is 5.58. The molecule has 2 aromatic heterocycles. The molecule has 2 saturated heterocycles. The summed E-state index contributed by atoms with van der Waals surface area (Å²) in [5.41, 5.74) is 2.15. The van der Waals surface area contributed by atoms with E-state index in [9.17, 15) is 0 Å². The molecular weight excluding hydrogens is 378 g/mol. The second-order valence-electron chi connectivity index (χ2n) is 8.90. The van der Waals surface area contributed by atoms with E-state index in [1.165, 1.54) is 63.7 Å². The lowest BCUT2D eigenvalue weighted by Gasteiger charge is -2.40. The average Bonchev–Trinajstić information content (AvgIpc) is 3.55. The number of aromatic amines is 1. The molecule has 3 aliphatic rings. The van der Waals surface area contributed by atoms with Gasteiger partial charge in [-0.15, -0.1) is 0 Å². The van der Waals surface area contributed by atoms with Crippen molar-refractivity contribution in [3.05, 3.63) is 23.5 Å². The SMILES string of the molecule is COCc1cnc(N2CCC(N3CCCCC3)CC2)nc1Nc1cc(C2CC2)[nH]n1.[HH].[HH]. The largest absolute Gasteiger partial charge is 0.380 e. The Kier molecular flexibility index (Phi) is 5.86. The predicted molar refractivity (Wildman–Crippen MR) is 121 cm³/mol. The smallest absolute Gasteiger partial charge is 0.227 e. The lowest BCUT2D eigenvalue weighted by atomic mass is 10.0. The van der Waals surface area contributed by atoms with Gasteiger partial charge in [-0.25, -0.2) is 4.98 Å². The molecule has 0 unspecified atom stereocenters. The third-order valence-electron chi connectivity index (χ3n) is 6.67. The maximum atomic E-state index is 5.36. The molecule has 2 aliphatic heterocycles. The highest BCUT2D eigenvalue weighted by atomic mass is 16.5. The van der Waals surface area contributed by atoms with Crippen LogP contribution in [0.15, 0.2) is 12.3 Å². The van der Waals surface area contributed by atoms with Crippen LogP contribution in [-0.2, 0) is 11.3 Å². The van der Waals surface area contributed by atoms with Gasteiger partial charge in [0.15, 0.2) is 5.82 Å². The average molecular weight is 416 g/mol. The second-order valence-corrected chi connectivity index (χ2v) is 8.90. The van der Waals surface area contributed by atoms with Crippen LogP contribution in [0.4, 0.5) is 17.6 Å². The standard InChI is InChI=1S/C22H33N7O.2H2/c1-30-15-17-14-23-22(25-21(17)24-20-13-19(26-27-20)16-5-6-16)29-11-7-18(8-12-29)28-9-3-2-4-10-28;;/h13-14,16,18H,2-12,15H2,1H3,(H2,23,24,25,26,27);2*1H. The molecule has 8 heteroatoms. The molecule has 0 atom stereocenters. The molecule has 0 amide bonds. The summed E-state index contributed by atoms with van der Waals surface area (Å²) in [7, 11) is 1.70. The number of hydrogen-bond donors (Lipinski definition) is 2. The maximum Gasteiger partial charge on any atom is 0.227 e. The number of ether oxygens (including phenoxy) is 1. The Morgan fingerprint density at radius 2 is 1.93 bits per heavy atom. The number of piperidine rings is 2. The van der Waals surface area contributed by atoms with Crippen LogP contribution >= 0.6 is 0 Å². The lowest BCUT2D eigenvalue weighted by molar-refractivity contribution is 0.141. The van der Waals surface area contributed by atoms with E-state index in [4.69, 9.17) is 9.72 Å². The van der Waals surface area contributed by atoms with Gasteiger partial charge in [-0.3, -0.25) is 5.10 Å². The summed E-state index contributed by atoms with van der Waals surface area (Å²) in [6, 6.07) is 2.82. The van der Waals surface area contributed by atoms with E-state index >= 15 is 0 Å². The van der Waals surface area contributed by atoms with Crippen molar-refractivity contribution in [3.8, 4) is 0 Å². The number of hydrogen-bond acceptors (Lipinski definition) is 7. The van der Waals surface area contributed by atoms with Gasteiger partial charge in [0.2, 0.25) is 5.95 Å². The van der Waals surface area contributed by atoms with Crippen molar-refractivity contribution in [2.45, 2.75) is 63.5 Å². The quantitative estimate of drug-likeness (QED) is 0.709. The van der Waals surface area contributed by atoms with Crippen LogP contribution in [0.5, 0.6) is 0 Å². The number of nitrogens with one attached hydrogen (secondary N) is 2. The minimum absolute atomic E-state index is 0. The maximum absolute atomic E-state index is 5.36. The summed E-state index contributed by atoms with van der Waals surface area (Å²) in [6.45, 7) is 5.04. The minimum atomic E-state index is 0. The normalized spacial score (nSPS) is 21.2. The molecular formula is C22H37N7O. The van der Waals surface area contributed by atoms with Crippen LogP contribution in [0.25, 0.3) is 0 Å². The van der Waals surface area contributed by atoms with E-state index in [1.807, 2.05) is 6.20 Å². The van der Waals surface area contributed by atoms with Gasteiger partial charge < -0.3 is 19.9 Å². The fraction of sp³-hybridized carbons (Fsp3) is 0.682. The number of anilines is 3. The molecule has 5 rings (SSSR count). The number of H-pyrrole nitrogens is 1. The Hall–Kier alpha value is -2.19. The van der Waals surface area contributed by atoms with Crippen molar-refractivity contribution in [2.75, 3.05) is 43.5 Å². The summed E-state index contributed by atoms with van der Waals surface area (Å²) in [4.78, 5) is 14.6. The van der Waals surface area contributed by atoms with Gasteiger partial charge in [-0.2, -0.15) is 10.1 Å². The molecule has 0 radical (unpaired) electrons. The monoisotopic (exact) mass is 415 g/mol. The van der Waals surface area contributed by atoms with Crippen molar-refractivity contribution < 1.29 is 7.59 Å². The molecule has 4 heterocycles. The fourth-order valence-corrected chi connectivity index (χ4v) is 4.76. The van der Waals surface area contributed by atoms with Crippen molar-refractivity contribution in [1.82, 2.24) is 25.1 Å². The number of likely N-dealkylation sites (tertiary alicyclic amines) is 1. The molecule has 1 saturated carbocycles. The highest BCUT2D eigenvalue weighted by Gasteiger charge is 2.28. The molecule has 2 N–H and O–H groups in total. The third kappa shape index (κ3) is 4.44. The van der Waals surface area contributed by atoms with Gasteiger partial charge in [0, 0.05) is 58.5 Å². The molecule has 1 aliphatic carbocycles. The second kappa shape index (κ2) is 8.89. The van der Waals surface area contributed by atoms with Crippen molar-refractivity contribution >= 4 is 17.6 Å². The van der Waals surface area contributed by atoms with Crippen LogP contribution in [0.3, 0.4) is 0 Å². The summed E-state index contributed by atoms with van der Waals surface area (Å²) in [5, 5.41) is 11.0. The van der Waals surface area contributed by atoms with E-state index in [1.54, 1.807) is 7.11 Å². The predicted octanol–water partition coefficient (Wildman–Crippen LogP) is 3.91. The van der Waals surface area contributed by atoms with E-state index < -0.39 is 0 Å². The van der Waals surface area contributed by atoms with Crippen LogP contribution in [0, 0.1) is 0 Å². The van der Waals surface area contributed by atoms with Gasteiger partial charge >= 0.3 is 0 Å². The van der Waals surface area contributed by atoms with Gasteiger partial charge in [-0.05, 0) is 51.6 Å². The van der Waals surface area contributed by atoms with Crippen LogP contribution in [-0.4, -0.2) is 64.4 Å². The number of rotatable bonds is 7. The first kappa shape index (κ1) is 19.8. The molecule has 30 heavy (non-hydrogen) atoms. The molecule has 8 nitrogen and oxygen atoms in total. The van der Waals surface area contributed by atoms with Crippen LogP contribution < -0.4 is 10.2 Å². The number of methoxy groups -OCH3 is 1. The number of nitrogens with zero attached hydrogens (tertiary/aromatic N) is 5. The first-order chi connectivity index (χ1) is 14.8. The van der Waals surface area contributed by atoms with Gasteiger partial charge in [-0.1, -0.05) is 6.42 Å². The van der Waals surface area contributed by atoms with Crippen molar-refractivity contribution in [3.63, 3.8) is 0 Å². The molecule has 3 fully saturated rings. The van der Waals surface area contributed by atoms with Gasteiger partial charge in [0.1, 0.15) is 5.82 Å². The Labute approximate surface area is 181 Å². The first-order valence-electron chi connectivity index (χ1n) is 11.5. The topological polar surface area (TPSA) is 82.2 Å². The Morgan fingerprint density at radius 3 is 2.67 bits per heavy atom. The summed E-state index contributed by atoms with van der Waals surface area (Å²) >= 11 is 0. The van der Waals surface area contributed by atoms with Crippen LogP contribution in [0.2, 0.25) is 0 Å². The Morgan fingerprint density at radius 1 is 1.13 bits per heavy atom. The summed E-state index contributed by atoms with van der Waals surface area (Å²) in [6.07, 6.45) is 10.9. The van der Waals surface area contributed by atoms with E-state index in [-0.39, 0.29) is 2.85 Å². The zero-order valence-corrected chi connectivity index (χ0v) is 17.9. The Bertz CT molecular complexity index is 847. The zero-order valence-electron chi connectivity index (χ0n) is 17.9. The molecule has 0 bridgehead atoms. The molecule has 2 aromatic rings.